The van der Waals surface area contributed by atoms with Crippen molar-refractivity contribution in [3.8, 4) is 0 Å². The number of piperazine rings is 1. The molecule has 0 saturated carbocycles. The molecule has 1 amide bonds. The van der Waals surface area contributed by atoms with Crippen LogP contribution in [0.3, 0.4) is 0 Å². The van der Waals surface area contributed by atoms with Crippen molar-refractivity contribution < 1.29 is 4.79 Å². The van der Waals surface area contributed by atoms with E-state index in [1.807, 2.05) is 12.1 Å². The molecule has 188 valence electrons. The van der Waals surface area contributed by atoms with E-state index in [0.29, 0.717) is 31.2 Å². The van der Waals surface area contributed by atoms with Crippen LogP contribution in [0, 0.1) is 5.41 Å². The van der Waals surface area contributed by atoms with Crippen LogP contribution in [0.4, 0.5) is 17.3 Å². The number of hydrogen-bond acceptors (Lipinski definition) is 7. The van der Waals surface area contributed by atoms with Gasteiger partial charge in [-0.3, -0.25) is 14.2 Å². The van der Waals surface area contributed by atoms with Crippen LogP contribution >= 0.6 is 0 Å². The first-order valence-electron chi connectivity index (χ1n) is 12.4. The summed E-state index contributed by atoms with van der Waals surface area (Å²) in [5, 5.41) is 4.09. The first kappa shape index (κ1) is 24.0. The summed E-state index contributed by atoms with van der Waals surface area (Å²) in [6.07, 6.45) is 3.86. The molecule has 1 N–H and O–H groups in total. The van der Waals surface area contributed by atoms with Crippen molar-refractivity contribution in [1.82, 2.24) is 24.3 Å². The van der Waals surface area contributed by atoms with Gasteiger partial charge in [0.1, 0.15) is 5.65 Å². The number of fused-ring (bicyclic) bond motifs is 1. The number of pyridine rings is 1. The Morgan fingerprint density at radius 3 is 2.53 bits per heavy atom. The summed E-state index contributed by atoms with van der Waals surface area (Å²) in [5.41, 5.74) is 2.59. The van der Waals surface area contributed by atoms with Crippen LogP contribution in [0.25, 0.3) is 11.0 Å². The van der Waals surface area contributed by atoms with Gasteiger partial charge in [0.2, 0.25) is 11.9 Å². The van der Waals surface area contributed by atoms with Crippen molar-refractivity contribution in [2.45, 2.75) is 19.9 Å². The average molecular weight is 488 g/mol. The lowest BCUT2D eigenvalue weighted by molar-refractivity contribution is -0.137. The summed E-state index contributed by atoms with van der Waals surface area (Å²) in [6, 6.07) is 11.6. The second-order valence-electron chi connectivity index (χ2n) is 10.2. The summed E-state index contributed by atoms with van der Waals surface area (Å²) in [5.74, 6) is 0.404. The zero-order valence-corrected chi connectivity index (χ0v) is 21.0. The van der Waals surface area contributed by atoms with Crippen LogP contribution < -0.4 is 15.8 Å². The Bertz CT molecular complexity index is 1320. The number of carbonyl (C=O) groups is 1. The first-order chi connectivity index (χ1) is 17.3. The predicted octanol–water partition coefficient (Wildman–Crippen LogP) is 2.71. The molecule has 2 saturated heterocycles. The topological polar surface area (TPSA) is 86.6 Å². The third-order valence-corrected chi connectivity index (χ3v) is 7.29. The van der Waals surface area contributed by atoms with Crippen LogP contribution in [0.5, 0.6) is 0 Å². The smallest absolute Gasteiger partial charge is 0.252 e. The molecule has 3 aromatic rings. The standard InChI is InChI=1S/C27H33N7O2/c1-4-23(35)33-18-27(2,19-33)11-12-34-24(36)10-5-20-17-28-26(30-25(20)34)29-21-6-8-22(9-7-21)32-15-13-31(3)14-16-32/h4-10,17H,1,11-16,18-19H2,2-3H3,(H,28,29,30). The van der Waals surface area contributed by atoms with Crippen LogP contribution in [0.15, 0.2) is 60.0 Å². The lowest BCUT2D eigenvalue weighted by Gasteiger charge is -2.48. The van der Waals surface area contributed by atoms with Gasteiger partial charge in [0.15, 0.2) is 0 Å². The number of anilines is 3. The van der Waals surface area contributed by atoms with E-state index in [9.17, 15) is 9.59 Å². The van der Waals surface area contributed by atoms with E-state index < -0.39 is 0 Å². The second kappa shape index (κ2) is 9.73. The maximum Gasteiger partial charge on any atom is 0.252 e. The van der Waals surface area contributed by atoms with Crippen molar-refractivity contribution in [3.63, 3.8) is 0 Å². The number of carbonyl (C=O) groups excluding carboxylic acids is 1. The Hall–Kier alpha value is -3.72. The Morgan fingerprint density at radius 2 is 1.83 bits per heavy atom. The first-order valence-corrected chi connectivity index (χ1v) is 12.4. The maximum atomic E-state index is 12.7. The lowest BCUT2D eigenvalue weighted by atomic mass is 9.78. The van der Waals surface area contributed by atoms with E-state index in [1.165, 1.54) is 11.8 Å². The Balaban J connectivity index is 1.30. The summed E-state index contributed by atoms with van der Waals surface area (Å²) < 4.78 is 1.71. The van der Waals surface area contributed by atoms with E-state index in [4.69, 9.17) is 4.98 Å². The Labute approximate surface area is 211 Å². The molecule has 2 aliphatic rings. The van der Waals surface area contributed by atoms with Crippen LogP contribution in [0.1, 0.15) is 13.3 Å². The number of aromatic nitrogens is 3. The molecule has 5 rings (SSSR count). The molecule has 9 nitrogen and oxygen atoms in total. The number of likely N-dealkylation sites (N-methyl/N-ethyl adjacent to an activating group) is 1. The van der Waals surface area contributed by atoms with Gasteiger partial charge in [-0.1, -0.05) is 13.5 Å². The van der Waals surface area contributed by atoms with Gasteiger partial charge in [-0.15, -0.1) is 0 Å². The van der Waals surface area contributed by atoms with Gasteiger partial charge < -0.3 is 20.0 Å². The summed E-state index contributed by atoms with van der Waals surface area (Å²) >= 11 is 0. The predicted molar refractivity (Wildman–Crippen MR) is 143 cm³/mol. The van der Waals surface area contributed by atoms with E-state index >= 15 is 0 Å². The summed E-state index contributed by atoms with van der Waals surface area (Å²) in [6.45, 7) is 11.7. The minimum atomic E-state index is -0.0920. The molecule has 9 heteroatoms. The minimum Gasteiger partial charge on any atom is -0.369 e. The van der Waals surface area contributed by atoms with E-state index in [0.717, 1.165) is 43.7 Å². The number of likely N-dealkylation sites (tertiary alicyclic amines) is 1. The maximum absolute atomic E-state index is 12.7. The summed E-state index contributed by atoms with van der Waals surface area (Å²) in [7, 11) is 2.15. The van der Waals surface area contributed by atoms with Crippen LogP contribution in [0.2, 0.25) is 0 Å². The third kappa shape index (κ3) is 4.97. The highest BCUT2D eigenvalue weighted by atomic mass is 16.2. The Morgan fingerprint density at radius 1 is 1.11 bits per heavy atom. The summed E-state index contributed by atoms with van der Waals surface area (Å²) in [4.78, 5) is 40.2. The normalized spacial score (nSPS) is 17.6. The molecule has 1 aromatic carbocycles. The molecule has 2 aliphatic heterocycles. The average Bonchev–Trinajstić information content (AvgIpc) is 2.87. The molecule has 0 radical (unpaired) electrons. The molecule has 0 atom stereocenters. The monoisotopic (exact) mass is 487 g/mol. The number of nitrogens with zero attached hydrogens (tertiary/aromatic N) is 6. The molecule has 36 heavy (non-hydrogen) atoms. The zero-order valence-electron chi connectivity index (χ0n) is 21.0. The van der Waals surface area contributed by atoms with Gasteiger partial charge >= 0.3 is 0 Å². The van der Waals surface area contributed by atoms with Gasteiger partial charge in [0, 0.05) is 80.3 Å². The van der Waals surface area contributed by atoms with Gasteiger partial charge in [-0.25, -0.2) is 4.98 Å². The molecule has 0 bridgehead atoms. The fraction of sp³-hybridized carbons (Fsp3) is 0.407. The lowest BCUT2D eigenvalue weighted by Crippen LogP contribution is -2.56. The molecular weight excluding hydrogens is 454 g/mol. The fourth-order valence-electron chi connectivity index (χ4n) is 5.00. The quantitative estimate of drug-likeness (QED) is 0.513. The molecule has 0 spiro atoms. The number of nitrogens with one attached hydrogen (secondary N) is 1. The molecule has 0 unspecified atom stereocenters. The molecular formula is C27H33N7O2. The van der Waals surface area contributed by atoms with Crippen molar-refractivity contribution in [2.75, 3.05) is 56.5 Å². The van der Waals surface area contributed by atoms with Crippen LogP contribution in [-0.4, -0.2) is 76.6 Å². The van der Waals surface area contributed by atoms with Gasteiger partial charge in [0.05, 0.1) is 0 Å². The molecule has 2 fully saturated rings. The van der Waals surface area contributed by atoms with Gasteiger partial charge in [-0.2, -0.15) is 4.98 Å². The van der Waals surface area contributed by atoms with E-state index in [1.54, 1.807) is 27.8 Å². The fourth-order valence-corrected chi connectivity index (χ4v) is 5.00. The molecule has 2 aromatic heterocycles. The number of amides is 1. The largest absolute Gasteiger partial charge is 0.369 e. The van der Waals surface area contributed by atoms with E-state index in [2.05, 4.69) is 52.8 Å². The van der Waals surface area contributed by atoms with E-state index in [-0.39, 0.29) is 16.9 Å². The highest BCUT2D eigenvalue weighted by molar-refractivity contribution is 5.87. The van der Waals surface area contributed by atoms with Crippen molar-refractivity contribution in [1.29, 1.82) is 0 Å². The van der Waals surface area contributed by atoms with Gasteiger partial charge in [0.25, 0.3) is 5.56 Å². The highest BCUT2D eigenvalue weighted by Gasteiger charge is 2.40. The number of rotatable bonds is 7. The van der Waals surface area contributed by atoms with Crippen molar-refractivity contribution >= 4 is 34.3 Å². The number of benzene rings is 1. The molecule has 4 heterocycles. The highest BCUT2D eigenvalue weighted by Crippen LogP contribution is 2.34. The molecule has 0 aliphatic carbocycles. The van der Waals surface area contributed by atoms with Gasteiger partial charge in [-0.05, 0) is 49.9 Å². The van der Waals surface area contributed by atoms with Crippen LogP contribution in [-0.2, 0) is 11.3 Å². The Kier molecular flexibility index (Phi) is 6.49. The van der Waals surface area contributed by atoms with Crippen molar-refractivity contribution in [2.24, 2.45) is 5.41 Å². The SMILES string of the molecule is C=CC(=O)N1CC(C)(CCn2c(=O)ccc3cnc(Nc4ccc(N5CCN(C)CC5)cc4)nc32)C1. The second-order valence-corrected chi connectivity index (χ2v) is 10.2. The number of aryl methyl sites for hydroxylation is 1. The third-order valence-electron chi connectivity index (χ3n) is 7.29. The zero-order chi connectivity index (χ0) is 25.3. The van der Waals surface area contributed by atoms with Crippen molar-refractivity contribution in [3.05, 3.63) is 65.6 Å². The number of hydrogen-bond donors (Lipinski definition) is 1. The minimum absolute atomic E-state index is 0.0279.